The molecule has 0 atom stereocenters. The normalized spacial score (nSPS) is 19.4. The minimum atomic E-state index is -0.248. The zero-order valence-corrected chi connectivity index (χ0v) is 13.7. The molecule has 0 spiro atoms. The predicted molar refractivity (Wildman–Crippen MR) is 86.8 cm³/mol. The summed E-state index contributed by atoms with van der Waals surface area (Å²) in [5, 5.41) is 3.35. The molecule has 23 heavy (non-hydrogen) atoms. The first kappa shape index (κ1) is 17.3. The summed E-state index contributed by atoms with van der Waals surface area (Å²) >= 11 is 5.82. The number of hydrogen-bond acceptors (Lipinski definition) is 3. The number of nitrogens with one attached hydrogen (secondary N) is 1. The Morgan fingerprint density at radius 2 is 1.96 bits per heavy atom. The van der Waals surface area contributed by atoms with Crippen molar-refractivity contribution in [3.8, 4) is 0 Å². The monoisotopic (exact) mass is 337 g/mol. The Balaban J connectivity index is 1.78. The van der Waals surface area contributed by atoms with Crippen molar-refractivity contribution in [2.45, 2.75) is 25.4 Å². The van der Waals surface area contributed by atoms with Crippen LogP contribution in [0.4, 0.5) is 4.79 Å². The summed E-state index contributed by atoms with van der Waals surface area (Å²) < 4.78 is 0. The second-order valence-electron chi connectivity index (χ2n) is 5.75. The molecule has 1 aromatic carbocycles. The molecule has 3 amide bonds. The lowest BCUT2D eigenvalue weighted by Gasteiger charge is -2.38. The maximum Gasteiger partial charge on any atom is 0.318 e. The molecule has 0 aromatic heterocycles. The number of urea groups is 1. The molecule has 6 nitrogen and oxygen atoms in total. The lowest BCUT2D eigenvalue weighted by molar-refractivity contribution is -0.119. The molecule has 0 heterocycles. The molecular weight excluding hydrogens is 318 g/mol. The van der Waals surface area contributed by atoms with Gasteiger partial charge in [0.2, 0.25) is 6.41 Å². The number of halogens is 1. The van der Waals surface area contributed by atoms with Gasteiger partial charge < -0.3 is 19.9 Å². The summed E-state index contributed by atoms with van der Waals surface area (Å²) in [6.07, 6.45) is 3.04. The van der Waals surface area contributed by atoms with Crippen LogP contribution in [0.2, 0.25) is 5.02 Å². The van der Waals surface area contributed by atoms with Crippen molar-refractivity contribution in [3.63, 3.8) is 0 Å². The number of carbonyl (C=O) groups is 3. The summed E-state index contributed by atoms with van der Waals surface area (Å²) in [6.45, 7) is 0.514. The van der Waals surface area contributed by atoms with E-state index in [1.807, 2.05) is 12.1 Å². The van der Waals surface area contributed by atoms with Gasteiger partial charge in [0.15, 0.2) is 0 Å². The average Bonchev–Trinajstić information content (AvgIpc) is 2.51. The third kappa shape index (κ3) is 4.69. The third-order valence-corrected chi connectivity index (χ3v) is 4.34. The number of carbonyl (C=O) groups excluding carboxylic acids is 3. The van der Waals surface area contributed by atoms with Gasteiger partial charge in [-0.25, -0.2) is 4.79 Å². The molecule has 0 bridgehead atoms. The smallest absolute Gasteiger partial charge is 0.318 e. The van der Waals surface area contributed by atoms with E-state index in [0.29, 0.717) is 30.8 Å². The summed E-state index contributed by atoms with van der Waals surface area (Å²) in [6, 6.07) is 7.02. The van der Waals surface area contributed by atoms with Gasteiger partial charge in [-0.2, -0.15) is 0 Å². The van der Waals surface area contributed by atoms with Gasteiger partial charge in [-0.05, 0) is 30.5 Å². The highest BCUT2D eigenvalue weighted by Gasteiger charge is 2.33. The zero-order chi connectivity index (χ0) is 16.8. The molecule has 0 aliphatic heterocycles. The molecule has 1 N–H and O–H groups in total. The van der Waals surface area contributed by atoms with Crippen molar-refractivity contribution in [1.82, 2.24) is 15.1 Å². The zero-order valence-electron chi connectivity index (χ0n) is 12.9. The predicted octanol–water partition coefficient (Wildman–Crippen LogP) is 1.87. The third-order valence-electron chi connectivity index (χ3n) is 4.09. The standard InChI is InChI=1S/C16H20ClN3O3/c1-19(15-6-13(7-15)9-21)16(23)18-10-20(11-22)8-12-2-4-14(17)5-3-12/h2-5,9,11,13,15H,6-8,10H2,1H3,(H,18,23). The van der Waals surface area contributed by atoms with Crippen LogP contribution in [0, 0.1) is 5.92 Å². The summed E-state index contributed by atoms with van der Waals surface area (Å²) in [5.41, 5.74) is 0.928. The molecule has 1 aliphatic carbocycles. The first-order chi connectivity index (χ1) is 11.0. The molecule has 124 valence electrons. The molecule has 0 radical (unpaired) electrons. The number of hydrogen-bond donors (Lipinski definition) is 1. The maximum atomic E-state index is 12.1. The van der Waals surface area contributed by atoms with Crippen LogP contribution < -0.4 is 5.32 Å². The molecule has 1 saturated carbocycles. The summed E-state index contributed by atoms with van der Waals surface area (Å²) in [7, 11) is 1.70. The van der Waals surface area contributed by atoms with Crippen molar-refractivity contribution >= 4 is 30.3 Å². The van der Waals surface area contributed by atoms with E-state index in [1.165, 1.54) is 4.90 Å². The highest BCUT2D eigenvalue weighted by Crippen LogP contribution is 2.29. The van der Waals surface area contributed by atoms with Gasteiger partial charge in [0, 0.05) is 30.6 Å². The van der Waals surface area contributed by atoms with Crippen molar-refractivity contribution in [2.75, 3.05) is 13.7 Å². The van der Waals surface area contributed by atoms with Crippen molar-refractivity contribution < 1.29 is 14.4 Å². The molecule has 0 unspecified atom stereocenters. The summed E-state index contributed by atoms with van der Waals surface area (Å²) in [5.74, 6) is 0.0617. The highest BCUT2D eigenvalue weighted by molar-refractivity contribution is 6.30. The van der Waals surface area contributed by atoms with Crippen LogP contribution in [0.3, 0.4) is 0 Å². The molecule has 0 saturated heterocycles. The minimum absolute atomic E-state index is 0.0617. The molecule has 2 rings (SSSR count). The molecule has 1 aromatic rings. The second-order valence-corrected chi connectivity index (χ2v) is 6.19. The van der Waals surface area contributed by atoms with Crippen LogP contribution in [0.1, 0.15) is 18.4 Å². The Morgan fingerprint density at radius 3 is 2.52 bits per heavy atom. The number of aldehydes is 1. The van der Waals surface area contributed by atoms with Crippen molar-refractivity contribution in [2.24, 2.45) is 5.92 Å². The minimum Gasteiger partial charge on any atom is -0.325 e. The first-order valence-electron chi connectivity index (χ1n) is 7.43. The average molecular weight is 338 g/mol. The van der Waals surface area contributed by atoms with Crippen LogP contribution in [0.15, 0.2) is 24.3 Å². The van der Waals surface area contributed by atoms with E-state index in [1.54, 1.807) is 24.1 Å². The summed E-state index contributed by atoms with van der Waals surface area (Å²) in [4.78, 5) is 36.8. The van der Waals surface area contributed by atoms with Gasteiger partial charge in [0.05, 0.1) is 6.67 Å². The van der Waals surface area contributed by atoms with Crippen molar-refractivity contribution in [3.05, 3.63) is 34.9 Å². The van der Waals surface area contributed by atoms with Gasteiger partial charge in [-0.15, -0.1) is 0 Å². The Kier molecular flexibility index (Phi) is 5.98. The molecule has 1 fully saturated rings. The van der Waals surface area contributed by atoms with E-state index in [4.69, 9.17) is 11.6 Å². The highest BCUT2D eigenvalue weighted by atomic mass is 35.5. The van der Waals surface area contributed by atoms with E-state index >= 15 is 0 Å². The van der Waals surface area contributed by atoms with Crippen LogP contribution in [-0.2, 0) is 16.1 Å². The topological polar surface area (TPSA) is 69.7 Å². The Labute approximate surface area is 140 Å². The van der Waals surface area contributed by atoms with Crippen LogP contribution in [0.5, 0.6) is 0 Å². The van der Waals surface area contributed by atoms with Crippen LogP contribution in [-0.4, -0.2) is 48.3 Å². The van der Waals surface area contributed by atoms with Gasteiger partial charge in [-0.3, -0.25) is 4.79 Å². The fraction of sp³-hybridized carbons (Fsp3) is 0.438. The number of amides is 3. The lowest BCUT2D eigenvalue weighted by Crippen LogP contribution is -2.51. The maximum absolute atomic E-state index is 12.1. The van der Waals surface area contributed by atoms with Gasteiger partial charge >= 0.3 is 6.03 Å². The molecule has 1 aliphatic rings. The largest absolute Gasteiger partial charge is 0.325 e. The van der Waals surface area contributed by atoms with Crippen LogP contribution >= 0.6 is 11.6 Å². The fourth-order valence-corrected chi connectivity index (χ4v) is 2.60. The first-order valence-corrected chi connectivity index (χ1v) is 7.81. The number of rotatable bonds is 7. The van der Waals surface area contributed by atoms with E-state index in [2.05, 4.69) is 5.32 Å². The Hall–Kier alpha value is -2.08. The quantitative estimate of drug-likeness (QED) is 0.610. The molecular formula is C16H20ClN3O3. The Morgan fingerprint density at radius 1 is 1.30 bits per heavy atom. The van der Waals surface area contributed by atoms with E-state index in [-0.39, 0.29) is 24.7 Å². The lowest BCUT2D eigenvalue weighted by atomic mass is 9.81. The van der Waals surface area contributed by atoms with Crippen molar-refractivity contribution in [1.29, 1.82) is 0 Å². The number of nitrogens with zero attached hydrogens (tertiary/aromatic N) is 2. The second kappa shape index (κ2) is 7.97. The van der Waals surface area contributed by atoms with Gasteiger partial charge in [-0.1, -0.05) is 23.7 Å². The van der Waals surface area contributed by atoms with Crippen LogP contribution in [0.25, 0.3) is 0 Å². The van der Waals surface area contributed by atoms with E-state index in [0.717, 1.165) is 11.8 Å². The van der Waals surface area contributed by atoms with E-state index < -0.39 is 0 Å². The molecule has 7 heteroatoms. The Bertz CT molecular complexity index is 558. The number of benzene rings is 1. The van der Waals surface area contributed by atoms with Gasteiger partial charge in [0.1, 0.15) is 6.29 Å². The van der Waals surface area contributed by atoms with Gasteiger partial charge in [0.25, 0.3) is 0 Å². The van der Waals surface area contributed by atoms with E-state index in [9.17, 15) is 14.4 Å². The SMILES string of the molecule is CN(C(=O)NCN(C=O)Cc1ccc(Cl)cc1)C1CC(C=O)C1. The fourth-order valence-electron chi connectivity index (χ4n) is 2.47.